The number of ether oxygens (including phenoxy) is 2. The summed E-state index contributed by atoms with van der Waals surface area (Å²) >= 11 is 3.28. The lowest BCUT2D eigenvalue weighted by Gasteiger charge is -2.14. The standard InChI is InChI=1S/C11H13BrO5/c1-16-10-3-2-7(12)4-8(10)9(13)5-17-6-11(14)15/h2-4,9,13H,5-6H2,1H3,(H,14,15). The molecule has 1 aromatic carbocycles. The maximum Gasteiger partial charge on any atom is 0.329 e. The van der Waals surface area contributed by atoms with E-state index >= 15 is 0 Å². The average molecular weight is 305 g/mol. The Hall–Kier alpha value is -1.11. The fourth-order valence-electron chi connectivity index (χ4n) is 1.31. The van der Waals surface area contributed by atoms with Crippen molar-refractivity contribution >= 4 is 21.9 Å². The number of aliphatic hydroxyl groups is 1. The summed E-state index contributed by atoms with van der Waals surface area (Å²) in [5.74, 6) is -0.543. The molecule has 0 aliphatic carbocycles. The Morgan fingerprint density at radius 1 is 1.53 bits per heavy atom. The minimum absolute atomic E-state index is 0.0981. The van der Waals surface area contributed by atoms with Gasteiger partial charge >= 0.3 is 5.97 Å². The molecule has 0 heterocycles. The van der Waals surface area contributed by atoms with E-state index in [1.165, 1.54) is 7.11 Å². The molecule has 1 rings (SSSR count). The second-order valence-corrected chi connectivity index (χ2v) is 4.23. The van der Waals surface area contributed by atoms with Gasteiger partial charge in [-0.25, -0.2) is 4.79 Å². The van der Waals surface area contributed by atoms with Crippen LogP contribution in [0.1, 0.15) is 11.7 Å². The minimum Gasteiger partial charge on any atom is -0.496 e. The number of carboxylic acids is 1. The molecule has 0 aliphatic rings. The van der Waals surface area contributed by atoms with Crippen LogP contribution in [0.5, 0.6) is 5.75 Å². The molecular weight excluding hydrogens is 292 g/mol. The molecule has 6 heteroatoms. The van der Waals surface area contributed by atoms with Crippen LogP contribution in [-0.2, 0) is 9.53 Å². The number of halogens is 1. The number of aliphatic carboxylic acids is 1. The number of rotatable bonds is 6. The molecule has 0 aromatic heterocycles. The second kappa shape index (κ2) is 6.58. The Bertz CT molecular complexity index is 393. The van der Waals surface area contributed by atoms with Gasteiger partial charge in [0.2, 0.25) is 0 Å². The monoisotopic (exact) mass is 304 g/mol. The summed E-state index contributed by atoms with van der Waals surface area (Å²) in [5.41, 5.74) is 0.548. The van der Waals surface area contributed by atoms with E-state index in [0.717, 1.165) is 4.47 Å². The quantitative estimate of drug-likeness (QED) is 0.835. The van der Waals surface area contributed by atoms with Crippen LogP contribution in [0.3, 0.4) is 0 Å². The third-order valence-electron chi connectivity index (χ3n) is 2.05. The molecular formula is C11H13BrO5. The number of hydrogen-bond acceptors (Lipinski definition) is 4. The SMILES string of the molecule is COc1ccc(Br)cc1C(O)COCC(=O)O. The third-order valence-corrected chi connectivity index (χ3v) is 2.55. The molecule has 0 bridgehead atoms. The van der Waals surface area contributed by atoms with E-state index in [9.17, 15) is 9.90 Å². The molecule has 94 valence electrons. The van der Waals surface area contributed by atoms with E-state index < -0.39 is 18.7 Å². The van der Waals surface area contributed by atoms with Gasteiger partial charge in [-0.15, -0.1) is 0 Å². The number of benzene rings is 1. The Morgan fingerprint density at radius 2 is 2.24 bits per heavy atom. The van der Waals surface area contributed by atoms with E-state index in [1.54, 1.807) is 18.2 Å². The number of aliphatic hydroxyl groups excluding tert-OH is 1. The highest BCUT2D eigenvalue weighted by atomic mass is 79.9. The Morgan fingerprint density at radius 3 is 2.82 bits per heavy atom. The molecule has 2 N–H and O–H groups in total. The molecule has 0 spiro atoms. The molecule has 0 fully saturated rings. The van der Waals surface area contributed by atoms with Gasteiger partial charge in [0.05, 0.1) is 13.7 Å². The van der Waals surface area contributed by atoms with Gasteiger partial charge in [0.15, 0.2) is 0 Å². The predicted octanol–water partition coefficient (Wildman–Crippen LogP) is 1.59. The largest absolute Gasteiger partial charge is 0.496 e. The van der Waals surface area contributed by atoms with E-state index in [0.29, 0.717) is 11.3 Å². The van der Waals surface area contributed by atoms with Crippen LogP contribution >= 0.6 is 15.9 Å². The summed E-state index contributed by atoms with van der Waals surface area (Å²) in [6.07, 6.45) is -0.929. The van der Waals surface area contributed by atoms with Crippen LogP contribution in [0.4, 0.5) is 0 Å². The van der Waals surface area contributed by atoms with Crippen LogP contribution in [0.15, 0.2) is 22.7 Å². The highest BCUT2D eigenvalue weighted by Gasteiger charge is 2.14. The lowest BCUT2D eigenvalue weighted by Crippen LogP contribution is -2.13. The average Bonchev–Trinajstić information content (AvgIpc) is 2.28. The molecule has 0 saturated carbocycles. The van der Waals surface area contributed by atoms with E-state index in [4.69, 9.17) is 14.6 Å². The lowest BCUT2D eigenvalue weighted by atomic mass is 10.1. The first-order valence-corrected chi connectivity index (χ1v) is 5.65. The van der Waals surface area contributed by atoms with Crippen LogP contribution in [0.2, 0.25) is 0 Å². The summed E-state index contributed by atoms with van der Waals surface area (Å²) in [5, 5.41) is 18.3. The maximum atomic E-state index is 10.3. The number of hydrogen-bond donors (Lipinski definition) is 2. The molecule has 0 radical (unpaired) electrons. The van der Waals surface area contributed by atoms with Gasteiger partial charge in [-0.2, -0.15) is 0 Å². The Kier molecular flexibility index (Phi) is 5.40. The van der Waals surface area contributed by atoms with Gasteiger partial charge in [0, 0.05) is 10.0 Å². The minimum atomic E-state index is -1.07. The van der Waals surface area contributed by atoms with Crippen molar-refractivity contribution in [1.82, 2.24) is 0 Å². The first-order chi connectivity index (χ1) is 8.04. The van der Waals surface area contributed by atoms with Gasteiger partial charge in [0.25, 0.3) is 0 Å². The van der Waals surface area contributed by atoms with Gasteiger partial charge in [-0.05, 0) is 18.2 Å². The van der Waals surface area contributed by atoms with Crippen molar-refractivity contribution < 1.29 is 24.5 Å². The maximum absolute atomic E-state index is 10.3. The first-order valence-electron chi connectivity index (χ1n) is 4.85. The van der Waals surface area contributed by atoms with Gasteiger partial charge in [0.1, 0.15) is 18.5 Å². The van der Waals surface area contributed by atoms with Crippen LogP contribution in [-0.4, -0.2) is 36.5 Å². The molecule has 5 nitrogen and oxygen atoms in total. The second-order valence-electron chi connectivity index (χ2n) is 3.31. The van der Waals surface area contributed by atoms with Crippen LogP contribution in [0.25, 0.3) is 0 Å². The molecule has 1 atom stereocenters. The van der Waals surface area contributed by atoms with E-state index in [-0.39, 0.29) is 6.61 Å². The summed E-state index contributed by atoms with van der Waals surface area (Å²) in [6, 6.07) is 5.20. The zero-order valence-electron chi connectivity index (χ0n) is 9.22. The predicted molar refractivity (Wildman–Crippen MR) is 64.1 cm³/mol. The molecule has 0 amide bonds. The first kappa shape index (κ1) is 14.0. The third kappa shape index (κ3) is 4.33. The fraction of sp³-hybridized carbons (Fsp3) is 0.364. The highest BCUT2D eigenvalue weighted by Crippen LogP contribution is 2.28. The van der Waals surface area contributed by atoms with E-state index in [1.807, 2.05) is 0 Å². The van der Waals surface area contributed by atoms with Crippen LogP contribution < -0.4 is 4.74 Å². The molecule has 17 heavy (non-hydrogen) atoms. The van der Waals surface area contributed by atoms with Crippen molar-refractivity contribution in [2.75, 3.05) is 20.3 Å². The zero-order chi connectivity index (χ0) is 12.8. The molecule has 1 aromatic rings. The molecule has 0 aliphatic heterocycles. The summed E-state index contributed by atoms with van der Waals surface area (Å²) < 4.78 is 10.7. The Labute approximate surface area is 107 Å². The van der Waals surface area contributed by atoms with Crippen molar-refractivity contribution in [3.8, 4) is 5.75 Å². The molecule has 0 saturated heterocycles. The van der Waals surface area contributed by atoms with Crippen molar-refractivity contribution in [1.29, 1.82) is 0 Å². The van der Waals surface area contributed by atoms with Gasteiger partial charge in [-0.3, -0.25) is 0 Å². The topological polar surface area (TPSA) is 76.0 Å². The highest BCUT2D eigenvalue weighted by molar-refractivity contribution is 9.10. The van der Waals surface area contributed by atoms with Crippen molar-refractivity contribution in [2.24, 2.45) is 0 Å². The number of methoxy groups -OCH3 is 1. The lowest BCUT2D eigenvalue weighted by molar-refractivity contribution is -0.143. The molecule has 1 unspecified atom stereocenters. The van der Waals surface area contributed by atoms with Crippen molar-refractivity contribution in [2.45, 2.75) is 6.10 Å². The number of carboxylic acid groups (broad SMARTS) is 1. The zero-order valence-corrected chi connectivity index (χ0v) is 10.8. The Balaban J connectivity index is 2.69. The summed E-state index contributed by atoms with van der Waals surface area (Å²) in [7, 11) is 1.50. The van der Waals surface area contributed by atoms with Crippen LogP contribution in [0, 0.1) is 0 Å². The fourth-order valence-corrected chi connectivity index (χ4v) is 1.69. The smallest absolute Gasteiger partial charge is 0.329 e. The summed E-state index contributed by atoms with van der Waals surface area (Å²) in [4.78, 5) is 10.3. The van der Waals surface area contributed by atoms with Gasteiger partial charge < -0.3 is 19.7 Å². The number of carbonyl (C=O) groups is 1. The normalized spacial score (nSPS) is 12.2. The van der Waals surface area contributed by atoms with Gasteiger partial charge in [-0.1, -0.05) is 15.9 Å². The summed E-state index contributed by atoms with van der Waals surface area (Å²) in [6.45, 7) is -0.535. The van der Waals surface area contributed by atoms with Crippen molar-refractivity contribution in [3.63, 3.8) is 0 Å². The van der Waals surface area contributed by atoms with Crippen molar-refractivity contribution in [3.05, 3.63) is 28.2 Å². The van der Waals surface area contributed by atoms with E-state index in [2.05, 4.69) is 15.9 Å².